The molecule has 1 aliphatic rings. The smallest absolute Gasteiger partial charge is 0.251 e. The number of rotatable bonds is 7. The molecule has 1 fully saturated rings. The van der Waals surface area contributed by atoms with Crippen molar-refractivity contribution in [2.45, 2.75) is 18.9 Å². The highest BCUT2D eigenvalue weighted by Gasteiger charge is 2.23. The number of anilines is 1. The molecule has 0 aliphatic heterocycles. The van der Waals surface area contributed by atoms with Crippen molar-refractivity contribution < 1.29 is 9.59 Å². The van der Waals surface area contributed by atoms with Gasteiger partial charge in [0.15, 0.2) is 0 Å². The molecule has 1 aromatic rings. The Hall–Kier alpha value is -2.14. The zero-order valence-corrected chi connectivity index (χ0v) is 11.3. The van der Waals surface area contributed by atoms with Gasteiger partial charge in [-0.3, -0.25) is 9.59 Å². The third kappa shape index (κ3) is 4.51. The number of carbonyl (C=O) groups excluding carboxylic acids is 2. The Morgan fingerprint density at radius 3 is 2.85 bits per heavy atom. The molecule has 1 saturated carbocycles. The first-order valence-electron chi connectivity index (χ1n) is 6.71. The van der Waals surface area contributed by atoms with Gasteiger partial charge in [0.05, 0.1) is 6.54 Å². The first kappa shape index (κ1) is 14.3. The van der Waals surface area contributed by atoms with Gasteiger partial charge in [-0.1, -0.05) is 12.1 Å². The summed E-state index contributed by atoms with van der Waals surface area (Å²) in [6.07, 6.45) is 3.80. The van der Waals surface area contributed by atoms with Gasteiger partial charge in [0.1, 0.15) is 0 Å². The quantitative estimate of drug-likeness (QED) is 0.518. The van der Waals surface area contributed by atoms with Gasteiger partial charge in [0.25, 0.3) is 5.91 Å². The Labute approximate surface area is 118 Å². The molecule has 5 heteroatoms. The summed E-state index contributed by atoms with van der Waals surface area (Å²) in [6, 6.07) is 7.27. The fourth-order valence-electron chi connectivity index (χ4n) is 1.73. The van der Waals surface area contributed by atoms with E-state index >= 15 is 0 Å². The Balaban J connectivity index is 1.89. The Kier molecular flexibility index (Phi) is 4.90. The van der Waals surface area contributed by atoms with Gasteiger partial charge in [-0.15, -0.1) is 6.58 Å². The van der Waals surface area contributed by atoms with E-state index in [0.717, 1.165) is 12.8 Å². The van der Waals surface area contributed by atoms with E-state index in [4.69, 9.17) is 0 Å². The second-order valence-electron chi connectivity index (χ2n) is 4.80. The second-order valence-corrected chi connectivity index (χ2v) is 4.80. The highest BCUT2D eigenvalue weighted by Crippen LogP contribution is 2.20. The molecule has 3 N–H and O–H groups in total. The maximum Gasteiger partial charge on any atom is 0.251 e. The van der Waals surface area contributed by atoms with Gasteiger partial charge in [-0.25, -0.2) is 0 Å². The Bertz CT molecular complexity index is 510. The molecule has 5 nitrogen and oxygen atoms in total. The van der Waals surface area contributed by atoms with Crippen molar-refractivity contribution in [3.63, 3.8) is 0 Å². The lowest BCUT2D eigenvalue weighted by atomic mass is 10.2. The van der Waals surface area contributed by atoms with Crippen molar-refractivity contribution in [1.29, 1.82) is 0 Å². The minimum Gasteiger partial charge on any atom is -0.349 e. The van der Waals surface area contributed by atoms with Crippen LogP contribution in [0.25, 0.3) is 0 Å². The molecule has 2 rings (SSSR count). The van der Waals surface area contributed by atoms with Crippen LogP contribution >= 0.6 is 0 Å². The topological polar surface area (TPSA) is 70.2 Å². The van der Waals surface area contributed by atoms with E-state index in [1.54, 1.807) is 30.3 Å². The van der Waals surface area contributed by atoms with Crippen LogP contribution in [-0.4, -0.2) is 30.9 Å². The standard InChI is InChI=1S/C15H19N3O2/c1-2-8-16-10-14(19)17-13-5-3-4-11(9-13)15(20)18-12-6-7-12/h2-5,9,12,16H,1,6-8,10H2,(H,17,19)(H,18,20). The van der Waals surface area contributed by atoms with Gasteiger partial charge in [0, 0.05) is 23.8 Å². The molecule has 1 aromatic carbocycles. The summed E-state index contributed by atoms with van der Waals surface area (Å²) >= 11 is 0. The highest BCUT2D eigenvalue weighted by molar-refractivity contribution is 5.97. The zero-order chi connectivity index (χ0) is 14.4. The number of nitrogens with one attached hydrogen (secondary N) is 3. The number of carbonyl (C=O) groups is 2. The molecule has 0 atom stereocenters. The van der Waals surface area contributed by atoms with Crippen LogP contribution in [0.1, 0.15) is 23.2 Å². The Morgan fingerprint density at radius 1 is 1.35 bits per heavy atom. The molecule has 106 valence electrons. The van der Waals surface area contributed by atoms with Crippen LogP contribution in [0.4, 0.5) is 5.69 Å². The Morgan fingerprint density at radius 2 is 2.15 bits per heavy atom. The summed E-state index contributed by atoms with van der Waals surface area (Å²) < 4.78 is 0. The van der Waals surface area contributed by atoms with Crippen LogP contribution in [0.3, 0.4) is 0 Å². The minimum atomic E-state index is -0.147. The van der Waals surface area contributed by atoms with E-state index < -0.39 is 0 Å². The van der Waals surface area contributed by atoms with Crippen LogP contribution in [-0.2, 0) is 4.79 Å². The van der Waals surface area contributed by atoms with Crippen LogP contribution < -0.4 is 16.0 Å². The third-order valence-electron chi connectivity index (χ3n) is 2.90. The summed E-state index contributed by atoms with van der Waals surface area (Å²) in [5.41, 5.74) is 1.19. The largest absolute Gasteiger partial charge is 0.349 e. The summed E-state index contributed by atoms with van der Waals surface area (Å²) in [4.78, 5) is 23.5. The van der Waals surface area contributed by atoms with Crippen molar-refractivity contribution >= 4 is 17.5 Å². The molecular weight excluding hydrogens is 254 g/mol. The maximum atomic E-state index is 11.9. The zero-order valence-electron chi connectivity index (χ0n) is 11.3. The van der Waals surface area contributed by atoms with Crippen molar-refractivity contribution in [2.75, 3.05) is 18.4 Å². The molecule has 0 saturated heterocycles. The number of hydrogen-bond donors (Lipinski definition) is 3. The molecule has 0 radical (unpaired) electrons. The summed E-state index contributed by atoms with van der Waals surface area (Å²) in [7, 11) is 0. The van der Waals surface area contributed by atoms with E-state index in [2.05, 4.69) is 22.5 Å². The van der Waals surface area contributed by atoms with Crippen molar-refractivity contribution in [3.05, 3.63) is 42.5 Å². The van der Waals surface area contributed by atoms with Crippen LogP contribution in [0, 0.1) is 0 Å². The van der Waals surface area contributed by atoms with Crippen molar-refractivity contribution in [1.82, 2.24) is 10.6 Å². The van der Waals surface area contributed by atoms with E-state index in [0.29, 0.717) is 23.8 Å². The van der Waals surface area contributed by atoms with Crippen molar-refractivity contribution in [3.8, 4) is 0 Å². The number of amides is 2. The average molecular weight is 273 g/mol. The average Bonchev–Trinajstić information content (AvgIpc) is 3.23. The lowest BCUT2D eigenvalue weighted by Crippen LogP contribution is -2.28. The van der Waals surface area contributed by atoms with Gasteiger partial charge in [-0.2, -0.15) is 0 Å². The molecular formula is C15H19N3O2. The summed E-state index contributed by atoms with van der Waals surface area (Å²) in [5.74, 6) is -0.236. The molecule has 0 aromatic heterocycles. The summed E-state index contributed by atoms with van der Waals surface area (Å²) in [5, 5.41) is 8.58. The maximum absolute atomic E-state index is 11.9. The van der Waals surface area contributed by atoms with E-state index in [9.17, 15) is 9.59 Å². The number of benzene rings is 1. The highest BCUT2D eigenvalue weighted by atomic mass is 16.2. The monoisotopic (exact) mass is 273 g/mol. The molecule has 0 heterocycles. The lowest BCUT2D eigenvalue weighted by Gasteiger charge is -2.08. The first-order chi connectivity index (χ1) is 9.69. The molecule has 20 heavy (non-hydrogen) atoms. The SMILES string of the molecule is C=CCNCC(=O)Nc1cccc(C(=O)NC2CC2)c1. The van der Waals surface area contributed by atoms with E-state index in [-0.39, 0.29) is 18.4 Å². The normalized spacial score (nSPS) is 13.6. The van der Waals surface area contributed by atoms with Crippen LogP contribution in [0.5, 0.6) is 0 Å². The fourth-order valence-corrected chi connectivity index (χ4v) is 1.73. The van der Waals surface area contributed by atoms with E-state index in [1.807, 2.05) is 0 Å². The summed E-state index contributed by atoms with van der Waals surface area (Å²) in [6.45, 7) is 4.36. The third-order valence-corrected chi connectivity index (χ3v) is 2.90. The lowest BCUT2D eigenvalue weighted by molar-refractivity contribution is -0.115. The molecule has 0 bridgehead atoms. The second kappa shape index (κ2) is 6.86. The van der Waals surface area contributed by atoms with Crippen molar-refractivity contribution in [2.24, 2.45) is 0 Å². The minimum absolute atomic E-state index is 0.0895. The number of hydrogen-bond acceptors (Lipinski definition) is 3. The van der Waals surface area contributed by atoms with Gasteiger partial charge in [0.2, 0.25) is 5.91 Å². The van der Waals surface area contributed by atoms with E-state index in [1.165, 1.54) is 0 Å². The van der Waals surface area contributed by atoms with Crippen LogP contribution in [0.15, 0.2) is 36.9 Å². The van der Waals surface area contributed by atoms with Gasteiger partial charge in [-0.05, 0) is 31.0 Å². The molecule has 0 spiro atoms. The van der Waals surface area contributed by atoms with Gasteiger partial charge < -0.3 is 16.0 Å². The van der Waals surface area contributed by atoms with Gasteiger partial charge >= 0.3 is 0 Å². The van der Waals surface area contributed by atoms with Crippen LogP contribution in [0.2, 0.25) is 0 Å². The predicted octanol–water partition coefficient (Wildman–Crippen LogP) is 1.29. The predicted molar refractivity (Wildman–Crippen MR) is 78.6 cm³/mol. The molecule has 0 unspecified atom stereocenters. The fraction of sp³-hybridized carbons (Fsp3) is 0.333. The first-order valence-corrected chi connectivity index (χ1v) is 6.71. The molecule has 2 amide bonds. The molecule has 1 aliphatic carbocycles.